The fourth-order valence-corrected chi connectivity index (χ4v) is 17.7. The molecule has 2 N–H and O–H groups in total. The Morgan fingerprint density at radius 1 is 0.514 bits per heavy atom. The van der Waals surface area contributed by atoms with Gasteiger partial charge >= 0.3 is 17.9 Å². The Bertz CT molecular complexity index is 5010. The van der Waals surface area contributed by atoms with E-state index in [0.717, 1.165) is 50.4 Å². The van der Waals surface area contributed by atoms with Gasteiger partial charge in [-0.05, 0) is 153 Å². The molecular weight excluding hydrogens is 1650 g/mol. The highest BCUT2D eigenvalue weighted by Gasteiger charge is 2.55. The van der Waals surface area contributed by atoms with Crippen LogP contribution in [0.15, 0.2) is 110 Å². The normalized spacial score (nSPS) is 23.3. The van der Waals surface area contributed by atoms with E-state index in [0.29, 0.717) is 157 Å². The van der Waals surface area contributed by atoms with Crippen molar-refractivity contribution in [1.82, 2.24) is 35.7 Å². The topological polar surface area (TPSA) is 253 Å². The number of benzene rings is 3. The zero-order chi connectivity index (χ0) is 78.1. The second kappa shape index (κ2) is 32.0. The summed E-state index contributed by atoms with van der Waals surface area (Å²) >= 11 is 41.2. The van der Waals surface area contributed by atoms with Crippen molar-refractivity contribution in [2.75, 3.05) is 43.7 Å². The minimum Gasteiger partial charge on any atom is -0.478 e. The number of hydrogen-bond acceptors (Lipinski definition) is 20. The number of ether oxygens (including phenoxy) is 5. The molecule has 0 unspecified atom stereocenters. The third-order valence-corrected chi connectivity index (χ3v) is 24.4. The SMILES string of the molecule is COC(=O)c1cnc(Br)c(F)c1.COC(=O)c1cnc(N2C[C@@H]3C[C@H]2C[C@H]3OCc2c(-c3c(Cl)cccc3Cl)noc2C2(F)CC2)c(F)c1.FC1(c2onc(-c3c(Cl)cccc3Cl)c2CO[C@@H]2C[C@@H]3C[C@H]2CN3)CC1.O=C(O)c1cnc(N2C[C@@H]3C[C@H]2C[C@H]3OCc2c(-c3c(Cl)cccc3Cl)noc2C2(F)CC2)c(F)c1. The molecule has 6 aromatic heterocycles. The zero-order valence-electron chi connectivity index (χ0n) is 59.0. The molecule has 3 aromatic carbocycles. The lowest BCUT2D eigenvalue weighted by atomic mass is 10.0. The Kier molecular flexibility index (Phi) is 22.7. The molecule has 18 rings (SSSR count). The quantitative estimate of drug-likeness (QED) is 0.0408. The Balaban J connectivity index is 0.000000124. The highest BCUT2D eigenvalue weighted by molar-refractivity contribution is 9.10. The number of nitrogens with zero attached hydrogens (tertiary/aromatic N) is 8. The third kappa shape index (κ3) is 16.1. The van der Waals surface area contributed by atoms with Gasteiger partial charge in [-0.2, -0.15) is 0 Å². The lowest BCUT2D eigenvalue weighted by molar-refractivity contribution is 0.00831. The number of alkyl halides is 3. The summed E-state index contributed by atoms with van der Waals surface area (Å²) in [5.74, 6) is -2.55. The number of carbonyl (C=O) groups excluding carboxylic acids is 2. The maximum Gasteiger partial charge on any atom is 0.339 e. The highest BCUT2D eigenvalue weighted by Crippen LogP contribution is 2.57. The number of hydrogen-bond donors (Lipinski definition) is 2. The minimum atomic E-state index is -1.56. The van der Waals surface area contributed by atoms with Gasteiger partial charge in [-0.3, -0.25) is 0 Å². The summed E-state index contributed by atoms with van der Waals surface area (Å²) in [4.78, 5) is 49.2. The van der Waals surface area contributed by atoms with E-state index in [2.05, 4.69) is 61.1 Å². The number of aromatic nitrogens is 6. The molecular formula is C77H68BrCl6F6N9O12. The second-order valence-corrected chi connectivity index (χ2v) is 32.2. The van der Waals surface area contributed by atoms with E-state index in [9.17, 15) is 31.9 Å². The standard InChI is InChI=1S/C26H23Cl2F2N3O4.C25H21Cl2F2N3O4.C19H19Cl2FN2O2.C7H5BrFNO2/c1-35-25(34)13-8-19(29)24(31-10-13)33-11-14-7-15(33)9-20(14)36-12-16-22(21-17(27)3-2-4-18(21)28)32-37-23(16)26(30)5-6-26;26-16-2-1-3-17(27)20(16)21-15(22(36-31-21)25(29)4-5-25)11-35-19-8-14-6-13(19)10-32(14)23-18(28)7-12(9-30-23)24(33)34;20-13-2-1-3-14(21)16(13)17-12(18(26-24-17)19(22)4-5-19)9-25-15-7-11-6-10(15)8-23-11;1-12-7(11)4-2-5(9)6(8)10-3-4/h2-4,8,10,14-15,20H,5-7,9,11-12H2,1H3;1-3,7,9,13-14,19H,4-6,8,10-11H2,(H,33,34);1-3,10-11,15,23H,4-9H2;2-3H,1H3/t14-,15-,20+;13-,14-,19+;10-,11-,15+;/m000./s1. The van der Waals surface area contributed by atoms with Crippen LogP contribution in [0.4, 0.5) is 38.0 Å². The number of rotatable bonds is 20. The maximum absolute atomic E-state index is 15.1. The molecule has 9 heterocycles. The highest BCUT2D eigenvalue weighted by atomic mass is 79.9. The van der Waals surface area contributed by atoms with Crippen LogP contribution in [-0.4, -0.2) is 124 Å². The van der Waals surface area contributed by atoms with Crippen molar-refractivity contribution in [2.24, 2.45) is 17.8 Å². The Morgan fingerprint density at radius 2 is 0.865 bits per heavy atom. The lowest BCUT2D eigenvalue weighted by Gasteiger charge is -2.32. The summed E-state index contributed by atoms with van der Waals surface area (Å²) in [7, 11) is 2.46. The number of carboxylic acids is 1. The molecule has 0 spiro atoms. The fourth-order valence-electron chi connectivity index (χ4n) is 15.7. The van der Waals surface area contributed by atoms with Gasteiger partial charge in [-0.15, -0.1) is 0 Å². The molecule has 0 amide bonds. The monoisotopic (exact) mass is 1710 g/mol. The number of fused-ring (bicyclic) bond motifs is 6. The summed E-state index contributed by atoms with van der Waals surface area (Å²) in [5, 5.41) is 27.4. The summed E-state index contributed by atoms with van der Waals surface area (Å²) in [6.07, 6.45) is 11.1. The van der Waals surface area contributed by atoms with Crippen LogP contribution in [0.2, 0.25) is 30.1 Å². The predicted molar refractivity (Wildman–Crippen MR) is 400 cm³/mol. The minimum absolute atomic E-state index is 0.00746. The number of pyridine rings is 3. The summed E-state index contributed by atoms with van der Waals surface area (Å²) < 4.78 is 131. The molecule has 9 fully saturated rings. The van der Waals surface area contributed by atoms with Gasteiger partial charge < -0.3 is 57.5 Å². The van der Waals surface area contributed by atoms with E-state index in [1.807, 2.05) is 9.80 Å². The number of nitrogens with one attached hydrogen (secondary N) is 1. The largest absolute Gasteiger partial charge is 0.478 e. The van der Waals surface area contributed by atoms with Crippen molar-refractivity contribution in [1.29, 1.82) is 0 Å². The van der Waals surface area contributed by atoms with Gasteiger partial charge in [0, 0.05) is 84.9 Å². The number of anilines is 2. The zero-order valence-corrected chi connectivity index (χ0v) is 65.1. The van der Waals surface area contributed by atoms with Crippen molar-refractivity contribution in [3.8, 4) is 33.8 Å². The first-order chi connectivity index (χ1) is 53.2. The molecule has 9 aromatic rings. The number of esters is 2. The Morgan fingerprint density at radius 3 is 1.17 bits per heavy atom. The van der Waals surface area contributed by atoms with Crippen molar-refractivity contribution >= 4 is 115 Å². The van der Waals surface area contributed by atoms with Crippen LogP contribution in [0.25, 0.3) is 33.8 Å². The van der Waals surface area contributed by atoms with Crippen LogP contribution in [0, 0.1) is 35.2 Å². The number of methoxy groups -OCH3 is 2. The molecule has 3 aliphatic heterocycles. The van der Waals surface area contributed by atoms with Crippen LogP contribution < -0.4 is 15.1 Å². The average molecular weight is 1720 g/mol. The molecule has 111 heavy (non-hydrogen) atoms. The number of piperidine rings is 3. The van der Waals surface area contributed by atoms with Crippen LogP contribution in [0.3, 0.4) is 0 Å². The summed E-state index contributed by atoms with van der Waals surface area (Å²) in [6.45, 7) is 2.50. The Labute approximate surface area is 669 Å². The van der Waals surface area contributed by atoms with Crippen LogP contribution in [0.1, 0.15) is 142 Å². The van der Waals surface area contributed by atoms with E-state index in [1.54, 1.807) is 54.6 Å². The summed E-state index contributed by atoms with van der Waals surface area (Å²) in [5.41, 5.74) is -0.151. The molecule has 3 saturated heterocycles. The first-order valence-electron chi connectivity index (χ1n) is 35.7. The van der Waals surface area contributed by atoms with Crippen molar-refractivity contribution in [3.63, 3.8) is 0 Å². The van der Waals surface area contributed by atoms with E-state index in [1.165, 1.54) is 32.8 Å². The average Bonchev–Trinajstić information content (AvgIpc) is 1.60. The van der Waals surface area contributed by atoms with Gasteiger partial charge in [0.05, 0.1) is 116 Å². The van der Waals surface area contributed by atoms with Gasteiger partial charge in [0.1, 0.15) is 21.7 Å². The molecule has 21 nitrogen and oxygen atoms in total. The van der Waals surface area contributed by atoms with E-state index in [4.69, 9.17) is 102 Å². The van der Waals surface area contributed by atoms with Crippen molar-refractivity contribution in [3.05, 3.63) is 194 Å². The molecule has 6 saturated carbocycles. The number of carboxylic acid groups (broad SMARTS) is 1. The number of carbonyl (C=O) groups is 3. The maximum atomic E-state index is 15.1. The van der Waals surface area contributed by atoms with Gasteiger partial charge in [0.15, 0.2) is 63.4 Å². The van der Waals surface area contributed by atoms with Crippen LogP contribution >= 0.6 is 85.5 Å². The molecule has 584 valence electrons. The fraction of sp³-hybridized carbons (Fsp3) is 0.416. The van der Waals surface area contributed by atoms with Crippen LogP contribution in [-0.2, 0) is 60.5 Å². The molecule has 9 aliphatic rings. The second-order valence-electron chi connectivity index (χ2n) is 29.0. The van der Waals surface area contributed by atoms with Crippen LogP contribution in [0.5, 0.6) is 0 Å². The molecule has 34 heteroatoms. The van der Waals surface area contributed by atoms with Gasteiger partial charge in [-0.25, -0.2) is 55.7 Å². The van der Waals surface area contributed by atoms with Crippen molar-refractivity contribution in [2.45, 2.75) is 150 Å². The smallest absolute Gasteiger partial charge is 0.339 e. The van der Waals surface area contributed by atoms with Crippen molar-refractivity contribution < 1.29 is 83.1 Å². The molecule has 9 atom stereocenters. The first-order valence-corrected chi connectivity index (χ1v) is 38.8. The lowest BCUT2D eigenvalue weighted by Crippen LogP contribution is -2.39. The summed E-state index contributed by atoms with van der Waals surface area (Å²) in [6, 6.07) is 19.2. The van der Waals surface area contributed by atoms with E-state index >= 15 is 8.78 Å². The number of aromatic carboxylic acids is 1. The number of halogens is 13. The van der Waals surface area contributed by atoms with Gasteiger partial charge in [0.2, 0.25) is 0 Å². The molecule has 0 radical (unpaired) electrons. The predicted octanol–water partition coefficient (Wildman–Crippen LogP) is 18.8. The molecule has 6 aliphatic carbocycles. The van der Waals surface area contributed by atoms with Gasteiger partial charge in [0.25, 0.3) is 0 Å². The van der Waals surface area contributed by atoms with E-state index < -0.39 is 52.4 Å². The van der Waals surface area contributed by atoms with Gasteiger partial charge in [-0.1, -0.05) is 103 Å². The third-order valence-electron chi connectivity index (χ3n) is 21.9. The first kappa shape index (κ1) is 78.7. The van der Waals surface area contributed by atoms with E-state index in [-0.39, 0.29) is 112 Å². The Hall–Kier alpha value is -7.61. The molecule has 6 bridgehead atoms.